The number of nitrogens with one attached hydrogen (secondary N) is 1. The van der Waals surface area contributed by atoms with Gasteiger partial charge in [-0.25, -0.2) is 4.39 Å². The largest absolute Gasteiger partial charge is 0.323 e. The van der Waals surface area contributed by atoms with Crippen molar-refractivity contribution in [3.8, 4) is 0 Å². The van der Waals surface area contributed by atoms with Gasteiger partial charge in [-0.05, 0) is 23.3 Å². The van der Waals surface area contributed by atoms with E-state index in [9.17, 15) is 9.18 Å². The van der Waals surface area contributed by atoms with Gasteiger partial charge in [0.05, 0.1) is 11.4 Å². The molecule has 0 heterocycles. The summed E-state index contributed by atoms with van der Waals surface area (Å²) in [6, 6.07) is 14.1. The summed E-state index contributed by atoms with van der Waals surface area (Å²) in [6.07, 6.45) is 0. The molecule has 0 saturated carbocycles. The van der Waals surface area contributed by atoms with E-state index in [-0.39, 0.29) is 17.3 Å². The second-order valence-corrected chi connectivity index (χ2v) is 5.72. The third-order valence-electron chi connectivity index (χ3n) is 2.83. The first-order valence-corrected chi connectivity index (χ1v) is 8.14. The van der Waals surface area contributed by atoms with Crippen molar-refractivity contribution in [2.75, 3.05) is 11.1 Å². The highest BCUT2D eigenvalue weighted by atomic mass is 35.5. The molecule has 0 aromatic heterocycles. The Balaban J connectivity index is 1.77. The van der Waals surface area contributed by atoms with Crippen LogP contribution in [0.4, 0.5) is 10.1 Å². The monoisotopic (exact) mass is 323 g/mol. The van der Waals surface area contributed by atoms with Crippen LogP contribution in [0.1, 0.15) is 11.1 Å². The highest BCUT2D eigenvalue weighted by Crippen LogP contribution is 2.16. The number of rotatable bonds is 6. The van der Waals surface area contributed by atoms with Crippen LogP contribution >= 0.6 is 23.4 Å². The Kier molecular flexibility index (Phi) is 6.08. The molecule has 0 spiro atoms. The van der Waals surface area contributed by atoms with Crippen LogP contribution < -0.4 is 5.32 Å². The standard InChI is InChI=1S/C16H15ClFNOS/c17-9-12-5-7-13(8-6-12)10-21-11-16(20)19-15-4-2-1-3-14(15)18/h1-8H,9-11H2,(H,19,20). The zero-order valence-corrected chi connectivity index (χ0v) is 12.9. The number of carbonyl (C=O) groups is 1. The van der Waals surface area contributed by atoms with Gasteiger partial charge in [0.2, 0.25) is 5.91 Å². The maximum atomic E-state index is 13.4. The fourth-order valence-corrected chi connectivity index (χ4v) is 2.70. The number of para-hydroxylation sites is 1. The molecule has 2 rings (SSSR count). The molecule has 0 aliphatic heterocycles. The Hall–Kier alpha value is -1.52. The first kappa shape index (κ1) is 15.9. The van der Waals surface area contributed by atoms with Gasteiger partial charge in [0, 0.05) is 11.6 Å². The van der Waals surface area contributed by atoms with Crippen molar-refractivity contribution in [3.05, 3.63) is 65.5 Å². The minimum atomic E-state index is -0.424. The van der Waals surface area contributed by atoms with Crippen molar-refractivity contribution in [1.82, 2.24) is 0 Å². The number of hydrogen-bond acceptors (Lipinski definition) is 2. The third kappa shape index (κ3) is 5.06. The molecular formula is C16H15ClFNOS. The molecule has 2 aromatic carbocycles. The molecule has 2 nitrogen and oxygen atoms in total. The number of halogens is 2. The molecule has 2 aromatic rings. The maximum absolute atomic E-state index is 13.4. The SMILES string of the molecule is O=C(CSCc1ccc(CCl)cc1)Nc1ccccc1F. The molecule has 1 amide bonds. The van der Waals surface area contributed by atoms with Crippen LogP contribution in [-0.4, -0.2) is 11.7 Å². The van der Waals surface area contributed by atoms with Gasteiger partial charge >= 0.3 is 0 Å². The average Bonchev–Trinajstić information content (AvgIpc) is 2.50. The Morgan fingerprint density at radius 3 is 2.43 bits per heavy atom. The smallest absolute Gasteiger partial charge is 0.234 e. The van der Waals surface area contributed by atoms with Crippen molar-refractivity contribution in [2.45, 2.75) is 11.6 Å². The Morgan fingerprint density at radius 1 is 1.10 bits per heavy atom. The molecule has 5 heteroatoms. The normalized spacial score (nSPS) is 10.4. The summed E-state index contributed by atoms with van der Waals surface area (Å²) in [6.45, 7) is 0. The molecule has 0 aliphatic carbocycles. The van der Waals surface area contributed by atoms with Crippen LogP contribution in [0.5, 0.6) is 0 Å². The third-order valence-corrected chi connectivity index (χ3v) is 4.14. The minimum absolute atomic E-state index is 0.206. The second-order valence-electron chi connectivity index (χ2n) is 4.47. The maximum Gasteiger partial charge on any atom is 0.234 e. The Bertz CT molecular complexity index is 603. The van der Waals surface area contributed by atoms with Crippen molar-refractivity contribution >= 4 is 35.0 Å². The Morgan fingerprint density at radius 2 is 1.76 bits per heavy atom. The first-order chi connectivity index (χ1) is 10.2. The van der Waals surface area contributed by atoms with Crippen molar-refractivity contribution in [1.29, 1.82) is 0 Å². The van der Waals surface area contributed by atoms with Gasteiger partial charge in [-0.3, -0.25) is 4.79 Å². The molecule has 1 N–H and O–H groups in total. The lowest BCUT2D eigenvalue weighted by Crippen LogP contribution is -2.15. The van der Waals surface area contributed by atoms with Crippen LogP contribution in [0.2, 0.25) is 0 Å². The van der Waals surface area contributed by atoms with Gasteiger partial charge in [0.25, 0.3) is 0 Å². The summed E-state index contributed by atoms with van der Waals surface area (Å²) in [5, 5.41) is 2.56. The van der Waals surface area contributed by atoms with Crippen molar-refractivity contribution < 1.29 is 9.18 Å². The molecule has 0 radical (unpaired) electrons. The van der Waals surface area contributed by atoms with Crippen molar-refractivity contribution in [2.24, 2.45) is 0 Å². The molecule has 110 valence electrons. The van der Waals surface area contributed by atoms with E-state index in [4.69, 9.17) is 11.6 Å². The number of anilines is 1. The molecule has 0 saturated heterocycles. The van der Waals surface area contributed by atoms with Crippen LogP contribution in [-0.2, 0) is 16.4 Å². The first-order valence-electron chi connectivity index (χ1n) is 6.45. The minimum Gasteiger partial charge on any atom is -0.323 e. The molecular weight excluding hydrogens is 309 g/mol. The zero-order chi connectivity index (χ0) is 15.1. The van der Waals surface area contributed by atoms with E-state index in [1.54, 1.807) is 18.2 Å². The molecule has 0 atom stereocenters. The predicted octanol–water partition coefficient (Wildman–Crippen LogP) is 4.44. The lowest BCUT2D eigenvalue weighted by atomic mass is 10.2. The molecule has 0 aliphatic rings. The van der Waals surface area contributed by atoms with Gasteiger partial charge in [0.15, 0.2) is 0 Å². The number of amides is 1. The summed E-state index contributed by atoms with van der Waals surface area (Å²) in [5.74, 6) is 0.882. The number of carbonyl (C=O) groups excluding carboxylic acids is 1. The van der Waals surface area contributed by atoms with Crippen LogP contribution in [0.15, 0.2) is 48.5 Å². The average molecular weight is 324 g/mol. The molecule has 0 unspecified atom stereocenters. The topological polar surface area (TPSA) is 29.1 Å². The second kappa shape index (κ2) is 8.05. The summed E-state index contributed by atoms with van der Waals surface area (Å²) in [5.41, 5.74) is 2.42. The highest BCUT2D eigenvalue weighted by Gasteiger charge is 2.06. The van der Waals surface area contributed by atoms with Gasteiger partial charge < -0.3 is 5.32 Å². The summed E-state index contributed by atoms with van der Waals surface area (Å²) in [4.78, 5) is 11.7. The Labute approximate surface area is 132 Å². The number of thioether (sulfide) groups is 1. The number of alkyl halides is 1. The van der Waals surface area contributed by atoms with Crippen molar-refractivity contribution in [3.63, 3.8) is 0 Å². The number of hydrogen-bond donors (Lipinski definition) is 1. The van der Waals surface area contributed by atoms with E-state index in [1.165, 1.54) is 17.8 Å². The fraction of sp³-hybridized carbons (Fsp3) is 0.188. The van der Waals surface area contributed by atoms with E-state index in [0.29, 0.717) is 5.88 Å². The van der Waals surface area contributed by atoms with E-state index in [0.717, 1.165) is 16.9 Å². The summed E-state index contributed by atoms with van der Waals surface area (Å²) in [7, 11) is 0. The van der Waals surface area contributed by atoms with Gasteiger partial charge in [0.1, 0.15) is 5.82 Å². The fourth-order valence-electron chi connectivity index (χ4n) is 1.74. The lowest BCUT2D eigenvalue weighted by Gasteiger charge is -2.06. The van der Waals surface area contributed by atoms with Gasteiger partial charge in [-0.15, -0.1) is 23.4 Å². The highest BCUT2D eigenvalue weighted by molar-refractivity contribution is 7.99. The lowest BCUT2D eigenvalue weighted by molar-refractivity contribution is -0.113. The number of benzene rings is 2. The molecule has 21 heavy (non-hydrogen) atoms. The molecule has 0 bridgehead atoms. The molecule has 0 fully saturated rings. The summed E-state index contributed by atoms with van der Waals surface area (Å²) >= 11 is 7.21. The van der Waals surface area contributed by atoms with E-state index < -0.39 is 5.82 Å². The van der Waals surface area contributed by atoms with E-state index in [2.05, 4.69) is 5.32 Å². The predicted molar refractivity (Wildman–Crippen MR) is 87.2 cm³/mol. The van der Waals surface area contributed by atoms with Gasteiger partial charge in [-0.1, -0.05) is 36.4 Å². The van der Waals surface area contributed by atoms with Crippen LogP contribution in [0.25, 0.3) is 0 Å². The van der Waals surface area contributed by atoms with Crippen LogP contribution in [0.3, 0.4) is 0 Å². The summed E-state index contributed by atoms with van der Waals surface area (Å²) < 4.78 is 13.4. The quantitative estimate of drug-likeness (QED) is 0.796. The van der Waals surface area contributed by atoms with Gasteiger partial charge in [-0.2, -0.15) is 0 Å². The van der Waals surface area contributed by atoms with E-state index in [1.807, 2.05) is 24.3 Å². The zero-order valence-electron chi connectivity index (χ0n) is 11.3. The van der Waals surface area contributed by atoms with Crippen LogP contribution in [0, 0.1) is 5.82 Å². The van der Waals surface area contributed by atoms with E-state index >= 15 is 0 Å².